The number of phenols is 1. The molecule has 0 saturated heterocycles. The fourth-order valence-electron chi connectivity index (χ4n) is 3.74. The summed E-state index contributed by atoms with van der Waals surface area (Å²) in [6.45, 7) is 3.32. The number of hydrogen-bond acceptors (Lipinski definition) is 2. The van der Waals surface area contributed by atoms with Gasteiger partial charge in [-0.2, -0.15) is 0 Å². The Morgan fingerprint density at radius 2 is 1.55 bits per heavy atom. The van der Waals surface area contributed by atoms with E-state index in [0.717, 1.165) is 6.54 Å². The van der Waals surface area contributed by atoms with Gasteiger partial charge in [-0.1, -0.05) is 30.3 Å². The Kier molecular flexibility index (Phi) is 4.67. The highest BCUT2D eigenvalue weighted by Gasteiger charge is 2.26. The Morgan fingerprint density at radius 3 is 2.14 bits per heavy atom. The van der Waals surface area contributed by atoms with Gasteiger partial charge >= 0.3 is 0 Å². The van der Waals surface area contributed by atoms with Gasteiger partial charge in [-0.05, 0) is 68.4 Å². The molecule has 2 aromatic rings. The molecule has 1 saturated carbocycles. The molecule has 2 heteroatoms. The smallest absolute Gasteiger partial charge is 0.115 e. The third-order valence-corrected chi connectivity index (χ3v) is 4.93. The Morgan fingerprint density at radius 1 is 0.909 bits per heavy atom. The van der Waals surface area contributed by atoms with E-state index in [2.05, 4.69) is 54.3 Å². The molecule has 2 aromatic carbocycles. The normalized spacial score (nSPS) is 21.5. The number of phenolic OH excluding ortho intramolecular Hbond substituents is 1. The quantitative estimate of drug-likeness (QED) is 0.863. The van der Waals surface area contributed by atoms with E-state index < -0.39 is 0 Å². The maximum Gasteiger partial charge on any atom is 0.115 e. The summed E-state index contributed by atoms with van der Waals surface area (Å²) in [5.74, 6) is 1.00. The number of para-hydroxylation sites is 1. The van der Waals surface area contributed by atoms with Crippen LogP contribution in [0.4, 0.5) is 5.69 Å². The summed E-state index contributed by atoms with van der Waals surface area (Å²) in [7, 11) is 0. The summed E-state index contributed by atoms with van der Waals surface area (Å²) in [6.07, 6.45) is 4.96. The Bertz CT molecular complexity index is 570. The van der Waals surface area contributed by atoms with E-state index in [-0.39, 0.29) is 0 Å². The lowest BCUT2D eigenvalue weighted by Crippen LogP contribution is -2.37. The van der Waals surface area contributed by atoms with Gasteiger partial charge in [0.15, 0.2) is 0 Å². The van der Waals surface area contributed by atoms with Crippen LogP contribution in [-0.4, -0.2) is 17.7 Å². The number of nitrogens with zero attached hydrogens (tertiary/aromatic N) is 1. The van der Waals surface area contributed by atoms with Crippen molar-refractivity contribution in [2.24, 2.45) is 0 Å². The molecular weight excluding hydrogens is 270 g/mol. The maximum absolute atomic E-state index is 9.42. The number of rotatable bonds is 4. The van der Waals surface area contributed by atoms with Crippen molar-refractivity contribution in [1.82, 2.24) is 0 Å². The molecule has 0 amide bonds. The largest absolute Gasteiger partial charge is 0.508 e. The van der Waals surface area contributed by atoms with Gasteiger partial charge in [-0.3, -0.25) is 0 Å². The molecule has 116 valence electrons. The predicted molar refractivity (Wildman–Crippen MR) is 92.6 cm³/mol. The standard InChI is InChI=1S/C20H25NO/c1-2-21(18-6-4-3-5-7-18)19-12-8-16(9-13-19)17-10-14-20(22)15-11-17/h3-7,10-11,14-16,19,22H,2,8-9,12-13H2,1H3. The molecule has 2 nitrogen and oxygen atoms in total. The predicted octanol–water partition coefficient (Wildman–Crippen LogP) is 4.94. The van der Waals surface area contributed by atoms with Crippen molar-refractivity contribution in [1.29, 1.82) is 0 Å². The van der Waals surface area contributed by atoms with Crippen molar-refractivity contribution in [3.63, 3.8) is 0 Å². The van der Waals surface area contributed by atoms with Crippen molar-refractivity contribution >= 4 is 5.69 Å². The van der Waals surface area contributed by atoms with Gasteiger partial charge < -0.3 is 10.0 Å². The van der Waals surface area contributed by atoms with Crippen LogP contribution in [-0.2, 0) is 0 Å². The van der Waals surface area contributed by atoms with Crippen molar-refractivity contribution in [3.05, 3.63) is 60.2 Å². The van der Waals surface area contributed by atoms with Crippen molar-refractivity contribution in [2.45, 2.75) is 44.6 Å². The summed E-state index contributed by atoms with van der Waals surface area (Å²) in [4.78, 5) is 2.55. The highest BCUT2D eigenvalue weighted by molar-refractivity contribution is 5.47. The SMILES string of the molecule is CCN(c1ccccc1)C1CCC(c2ccc(O)cc2)CC1. The van der Waals surface area contributed by atoms with E-state index in [4.69, 9.17) is 0 Å². The lowest BCUT2D eigenvalue weighted by atomic mass is 9.81. The van der Waals surface area contributed by atoms with Crippen LogP contribution in [0.5, 0.6) is 5.75 Å². The van der Waals surface area contributed by atoms with Gasteiger partial charge in [0, 0.05) is 18.3 Å². The summed E-state index contributed by atoms with van der Waals surface area (Å²) in [6, 6.07) is 19.2. The first kappa shape index (κ1) is 15.0. The number of aromatic hydroxyl groups is 1. The average Bonchev–Trinajstić information content (AvgIpc) is 2.58. The highest BCUT2D eigenvalue weighted by Crippen LogP contribution is 2.36. The first-order valence-corrected chi connectivity index (χ1v) is 8.38. The van der Waals surface area contributed by atoms with E-state index in [1.165, 1.54) is 36.9 Å². The second-order valence-corrected chi connectivity index (χ2v) is 6.22. The number of benzene rings is 2. The molecule has 1 fully saturated rings. The zero-order valence-corrected chi connectivity index (χ0v) is 13.3. The summed E-state index contributed by atoms with van der Waals surface area (Å²) < 4.78 is 0. The molecular formula is C20H25NO. The molecule has 1 aliphatic carbocycles. The molecule has 1 N–H and O–H groups in total. The van der Waals surface area contributed by atoms with Crippen molar-refractivity contribution in [3.8, 4) is 5.75 Å². The van der Waals surface area contributed by atoms with E-state index in [1.807, 2.05) is 12.1 Å². The molecule has 0 aromatic heterocycles. The zero-order chi connectivity index (χ0) is 15.4. The molecule has 1 aliphatic rings. The van der Waals surface area contributed by atoms with Crippen LogP contribution in [0.15, 0.2) is 54.6 Å². The van der Waals surface area contributed by atoms with Gasteiger partial charge in [-0.15, -0.1) is 0 Å². The third-order valence-electron chi connectivity index (χ3n) is 4.93. The van der Waals surface area contributed by atoms with Gasteiger partial charge in [0.2, 0.25) is 0 Å². The highest BCUT2D eigenvalue weighted by atomic mass is 16.3. The second-order valence-electron chi connectivity index (χ2n) is 6.22. The Hall–Kier alpha value is -1.96. The molecule has 22 heavy (non-hydrogen) atoms. The first-order valence-electron chi connectivity index (χ1n) is 8.38. The Labute approximate surface area is 133 Å². The molecule has 0 heterocycles. The maximum atomic E-state index is 9.42. The lowest BCUT2D eigenvalue weighted by molar-refractivity contribution is 0.378. The lowest BCUT2D eigenvalue weighted by Gasteiger charge is -2.38. The molecule has 0 spiro atoms. The third kappa shape index (κ3) is 3.27. The molecule has 3 rings (SSSR count). The van der Waals surface area contributed by atoms with Gasteiger partial charge in [0.1, 0.15) is 5.75 Å². The van der Waals surface area contributed by atoms with Crippen LogP contribution < -0.4 is 4.90 Å². The van der Waals surface area contributed by atoms with Crippen molar-refractivity contribution in [2.75, 3.05) is 11.4 Å². The van der Waals surface area contributed by atoms with Crippen molar-refractivity contribution < 1.29 is 5.11 Å². The molecule has 0 bridgehead atoms. The summed E-state index contributed by atoms with van der Waals surface area (Å²) >= 11 is 0. The van der Waals surface area contributed by atoms with E-state index in [0.29, 0.717) is 17.7 Å². The van der Waals surface area contributed by atoms with Gasteiger partial charge in [-0.25, -0.2) is 0 Å². The topological polar surface area (TPSA) is 23.5 Å². The van der Waals surface area contributed by atoms with Crippen LogP contribution >= 0.6 is 0 Å². The van der Waals surface area contributed by atoms with Crippen LogP contribution in [0.1, 0.15) is 44.1 Å². The minimum absolute atomic E-state index is 0.360. The van der Waals surface area contributed by atoms with Crippen LogP contribution in [0.3, 0.4) is 0 Å². The van der Waals surface area contributed by atoms with E-state index in [1.54, 1.807) is 0 Å². The first-order chi connectivity index (χ1) is 10.8. The fraction of sp³-hybridized carbons (Fsp3) is 0.400. The van der Waals surface area contributed by atoms with Crippen LogP contribution in [0.2, 0.25) is 0 Å². The summed E-state index contributed by atoms with van der Waals surface area (Å²) in [5, 5.41) is 9.42. The summed E-state index contributed by atoms with van der Waals surface area (Å²) in [5.41, 5.74) is 2.72. The fourth-order valence-corrected chi connectivity index (χ4v) is 3.74. The second kappa shape index (κ2) is 6.87. The van der Waals surface area contributed by atoms with Gasteiger partial charge in [0.25, 0.3) is 0 Å². The average molecular weight is 295 g/mol. The molecule has 0 atom stereocenters. The molecule has 0 unspecified atom stereocenters. The zero-order valence-electron chi connectivity index (χ0n) is 13.3. The number of anilines is 1. The van der Waals surface area contributed by atoms with Crippen LogP contribution in [0, 0.1) is 0 Å². The van der Waals surface area contributed by atoms with Crippen LogP contribution in [0.25, 0.3) is 0 Å². The number of hydrogen-bond donors (Lipinski definition) is 1. The Balaban J connectivity index is 1.64. The minimum Gasteiger partial charge on any atom is -0.508 e. The van der Waals surface area contributed by atoms with E-state index >= 15 is 0 Å². The molecule has 0 aliphatic heterocycles. The molecule has 0 radical (unpaired) electrons. The monoisotopic (exact) mass is 295 g/mol. The minimum atomic E-state index is 0.360. The van der Waals surface area contributed by atoms with Gasteiger partial charge in [0.05, 0.1) is 0 Å². The van der Waals surface area contributed by atoms with E-state index in [9.17, 15) is 5.11 Å².